The van der Waals surface area contributed by atoms with Gasteiger partial charge in [0.2, 0.25) is 0 Å². The lowest BCUT2D eigenvalue weighted by Crippen LogP contribution is -2.24. The molecule has 1 unspecified atom stereocenters. The van der Waals surface area contributed by atoms with Crippen molar-refractivity contribution in [1.82, 2.24) is 4.57 Å². The van der Waals surface area contributed by atoms with Crippen LogP contribution in [0.2, 0.25) is 10.0 Å². The van der Waals surface area contributed by atoms with Gasteiger partial charge in [0.1, 0.15) is 11.7 Å². The molecule has 4 aromatic rings. The lowest BCUT2D eigenvalue weighted by atomic mass is 10.0. The Morgan fingerprint density at radius 3 is 2.24 bits per heavy atom. The number of aryl methyl sites for hydroxylation is 1. The molecule has 0 aliphatic carbocycles. The fourth-order valence-corrected chi connectivity index (χ4v) is 4.91. The molecule has 1 heterocycles. The van der Waals surface area contributed by atoms with Crippen LogP contribution in [0.1, 0.15) is 59.6 Å². The number of fused-ring (bicyclic) bond motifs is 1. The van der Waals surface area contributed by atoms with Gasteiger partial charge in [0.25, 0.3) is 0 Å². The smallest absolute Gasteiger partial charge is 0.416 e. The van der Waals surface area contributed by atoms with Gasteiger partial charge in [-0.05, 0) is 75.7 Å². The third-order valence-corrected chi connectivity index (χ3v) is 6.49. The number of esters is 1. The van der Waals surface area contributed by atoms with E-state index in [0.29, 0.717) is 16.8 Å². The largest absolute Gasteiger partial charge is 0.456 e. The molecule has 0 amide bonds. The van der Waals surface area contributed by atoms with Crippen molar-refractivity contribution in [2.24, 2.45) is 0 Å². The number of benzene rings is 3. The number of hydrogen-bond acceptors (Lipinski definition) is 3. The van der Waals surface area contributed by atoms with Gasteiger partial charge in [-0.15, -0.1) is 0 Å². The maximum absolute atomic E-state index is 13.6. The normalized spacial score (nSPS) is 13.1. The number of aliphatic hydroxyl groups is 1. The third kappa shape index (κ3) is 5.35. The van der Waals surface area contributed by atoms with Gasteiger partial charge in [-0.2, -0.15) is 13.2 Å². The molecule has 194 valence electrons. The average Bonchev–Trinajstić information content (AvgIpc) is 3.18. The standard InChI is InChI=1S/C28H24Cl2F3NO3/c1-15-12-17(28(31,32)33)13-16-14-21(34(24(15)16)18-8-6-5-7-9-18)25(35)22-20(29)11-10-19(23(22)30)26(36)37-27(2,3)4/h5-14,25,35H,1-4H3. The number of ether oxygens (including phenoxy) is 1. The molecule has 0 spiro atoms. The average molecular weight is 550 g/mol. The van der Waals surface area contributed by atoms with Crippen LogP contribution in [0, 0.1) is 6.92 Å². The minimum Gasteiger partial charge on any atom is -0.456 e. The van der Waals surface area contributed by atoms with E-state index >= 15 is 0 Å². The molecule has 0 radical (unpaired) electrons. The van der Waals surface area contributed by atoms with Crippen molar-refractivity contribution in [3.8, 4) is 5.69 Å². The van der Waals surface area contributed by atoms with Crippen LogP contribution >= 0.6 is 23.2 Å². The van der Waals surface area contributed by atoms with Crippen LogP contribution in [0.15, 0.2) is 60.7 Å². The SMILES string of the molecule is Cc1cc(C(F)(F)F)cc2cc(C(O)c3c(Cl)ccc(C(=O)OC(C)(C)C)c3Cl)n(-c3ccccc3)c12. The first kappa shape index (κ1) is 27.0. The van der Waals surface area contributed by atoms with Crippen LogP contribution < -0.4 is 0 Å². The van der Waals surface area contributed by atoms with E-state index in [4.69, 9.17) is 27.9 Å². The second-order valence-electron chi connectivity index (χ2n) is 9.70. The molecule has 4 nitrogen and oxygen atoms in total. The van der Waals surface area contributed by atoms with Crippen LogP contribution in [0.25, 0.3) is 16.6 Å². The number of aliphatic hydroxyl groups excluding tert-OH is 1. The summed E-state index contributed by atoms with van der Waals surface area (Å²) in [5.74, 6) is -0.697. The molecule has 0 aliphatic rings. The van der Waals surface area contributed by atoms with Crippen LogP contribution in [0.4, 0.5) is 13.2 Å². The number of para-hydroxylation sites is 1. The number of rotatable bonds is 4. The van der Waals surface area contributed by atoms with Gasteiger partial charge in [-0.3, -0.25) is 0 Å². The number of carbonyl (C=O) groups excluding carboxylic acids is 1. The van der Waals surface area contributed by atoms with E-state index in [1.165, 1.54) is 18.2 Å². The minimum absolute atomic E-state index is 0.00736. The van der Waals surface area contributed by atoms with Gasteiger partial charge in [-0.1, -0.05) is 41.4 Å². The Hall–Kier alpha value is -3.00. The van der Waals surface area contributed by atoms with Crippen molar-refractivity contribution in [3.63, 3.8) is 0 Å². The number of hydrogen-bond donors (Lipinski definition) is 1. The Morgan fingerprint density at radius 2 is 1.65 bits per heavy atom. The molecule has 4 rings (SSSR count). The Kier molecular flexibility index (Phi) is 7.10. The minimum atomic E-state index is -4.54. The molecule has 0 saturated heterocycles. The van der Waals surface area contributed by atoms with Crippen molar-refractivity contribution in [2.75, 3.05) is 0 Å². The zero-order valence-electron chi connectivity index (χ0n) is 20.5. The summed E-state index contributed by atoms with van der Waals surface area (Å²) in [6, 6.07) is 15.3. The second kappa shape index (κ2) is 9.71. The molecular weight excluding hydrogens is 526 g/mol. The Balaban J connectivity index is 1.97. The summed E-state index contributed by atoms with van der Waals surface area (Å²) in [7, 11) is 0. The lowest BCUT2D eigenvalue weighted by molar-refractivity contribution is -0.137. The highest BCUT2D eigenvalue weighted by atomic mass is 35.5. The molecule has 1 aromatic heterocycles. The van der Waals surface area contributed by atoms with Gasteiger partial charge >= 0.3 is 12.1 Å². The van der Waals surface area contributed by atoms with E-state index in [1.807, 2.05) is 0 Å². The predicted molar refractivity (Wildman–Crippen MR) is 139 cm³/mol. The van der Waals surface area contributed by atoms with Gasteiger partial charge in [0, 0.05) is 21.7 Å². The fourth-order valence-electron chi connectivity index (χ4n) is 4.25. The molecule has 0 fully saturated rings. The Bertz CT molecular complexity index is 1490. The zero-order chi connectivity index (χ0) is 27.3. The first-order valence-electron chi connectivity index (χ1n) is 11.4. The van der Waals surface area contributed by atoms with Gasteiger partial charge in [0.05, 0.1) is 27.4 Å². The van der Waals surface area contributed by atoms with Crippen molar-refractivity contribution in [3.05, 3.63) is 98.7 Å². The van der Waals surface area contributed by atoms with Crippen LogP contribution in [-0.4, -0.2) is 21.2 Å². The van der Waals surface area contributed by atoms with E-state index in [-0.39, 0.29) is 32.3 Å². The summed E-state index contributed by atoms with van der Waals surface area (Å²) in [6.07, 6.45) is -6.02. The molecule has 9 heteroatoms. The summed E-state index contributed by atoms with van der Waals surface area (Å²) in [4.78, 5) is 12.8. The Labute approximate surface area is 222 Å². The quantitative estimate of drug-likeness (QED) is 0.260. The molecule has 1 atom stereocenters. The van der Waals surface area contributed by atoms with Gasteiger partial charge < -0.3 is 14.4 Å². The van der Waals surface area contributed by atoms with Crippen molar-refractivity contribution in [2.45, 2.75) is 45.6 Å². The molecule has 0 saturated carbocycles. The topological polar surface area (TPSA) is 51.5 Å². The van der Waals surface area contributed by atoms with Crippen LogP contribution in [-0.2, 0) is 10.9 Å². The van der Waals surface area contributed by atoms with Crippen molar-refractivity contribution in [1.29, 1.82) is 0 Å². The number of nitrogens with zero attached hydrogens (tertiary/aromatic N) is 1. The van der Waals surface area contributed by atoms with E-state index in [2.05, 4.69) is 0 Å². The summed E-state index contributed by atoms with van der Waals surface area (Å²) < 4.78 is 47.8. The highest BCUT2D eigenvalue weighted by Gasteiger charge is 2.33. The molecule has 3 aromatic carbocycles. The third-order valence-electron chi connectivity index (χ3n) is 5.76. The molecular formula is C28H24Cl2F3NO3. The molecule has 37 heavy (non-hydrogen) atoms. The summed E-state index contributed by atoms with van der Waals surface area (Å²) in [5, 5.41) is 11.9. The molecule has 0 bridgehead atoms. The maximum atomic E-state index is 13.6. The van der Waals surface area contributed by atoms with Gasteiger partial charge in [-0.25, -0.2) is 4.79 Å². The highest BCUT2D eigenvalue weighted by Crippen LogP contribution is 2.41. The number of carbonyl (C=O) groups is 1. The second-order valence-corrected chi connectivity index (χ2v) is 10.5. The molecule has 0 aliphatic heterocycles. The fraction of sp³-hybridized carbons (Fsp3) is 0.250. The summed E-state index contributed by atoms with van der Waals surface area (Å²) in [6.45, 7) is 6.71. The molecule has 1 N–H and O–H groups in total. The zero-order valence-corrected chi connectivity index (χ0v) is 22.0. The number of halogens is 5. The highest BCUT2D eigenvalue weighted by molar-refractivity contribution is 6.38. The monoisotopic (exact) mass is 549 g/mol. The maximum Gasteiger partial charge on any atom is 0.416 e. The first-order valence-corrected chi connectivity index (χ1v) is 12.1. The predicted octanol–water partition coefficient (Wildman–Crippen LogP) is 8.30. The van der Waals surface area contributed by atoms with Crippen LogP contribution in [0.3, 0.4) is 0 Å². The van der Waals surface area contributed by atoms with E-state index < -0.39 is 29.4 Å². The lowest BCUT2D eigenvalue weighted by Gasteiger charge is -2.22. The van der Waals surface area contributed by atoms with E-state index in [9.17, 15) is 23.1 Å². The van der Waals surface area contributed by atoms with Crippen molar-refractivity contribution < 1.29 is 27.8 Å². The Morgan fingerprint density at radius 1 is 1.00 bits per heavy atom. The van der Waals surface area contributed by atoms with Crippen LogP contribution in [0.5, 0.6) is 0 Å². The van der Waals surface area contributed by atoms with Crippen molar-refractivity contribution >= 4 is 40.1 Å². The summed E-state index contributed by atoms with van der Waals surface area (Å²) >= 11 is 13.0. The van der Waals surface area contributed by atoms with Gasteiger partial charge in [0.15, 0.2) is 0 Å². The van der Waals surface area contributed by atoms with E-state index in [0.717, 1.165) is 12.1 Å². The number of alkyl halides is 3. The number of aromatic nitrogens is 1. The van der Waals surface area contributed by atoms with E-state index in [1.54, 1.807) is 62.6 Å². The first-order chi connectivity index (χ1) is 17.2. The summed E-state index contributed by atoms with van der Waals surface area (Å²) in [5.41, 5.74) is 0.168.